The molecule has 2 atom stereocenters. The fraction of sp³-hybridized carbons (Fsp3) is 0.409. The number of imidazole rings is 1. The van der Waals surface area contributed by atoms with Gasteiger partial charge in [-0.2, -0.15) is 5.10 Å². The van der Waals surface area contributed by atoms with Gasteiger partial charge in [-0.15, -0.1) is 11.3 Å². The van der Waals surface area contributed by atoms with Crippen molar-refractivity contribution in [1.82, 2.24) is 30.0 Å². The van der Waals surface area contributed by atoms with E-state index in [1.54, 1.807) is 0 Å². The molecule has 158 valence electrons. The number of H-pyrrole nitrogens is 2. The topological polar surface area (TPSA) is 88.8 Å². The van der Waals surface area contributed by atoms with Gasteiger partial charge in [0, 0.05) is 71.5 Å². The fourth-order valence-electron chi connectivity index (χ4n) is 5.11. The van der Waals surface area contributed by atoms with Crippen LogP contribution in [-0.4, -0.2) is 55.2 Å². The lowest BCUT2D eigenvalue weighted by Crippen LogP contribution is -2.45. The number of likely N-dealkylation sites (tertiary alicyclic amines) is 1. The molecular weight excluding hydrogens is 408 g/mol. The van der Waals surface area contributed by atoms with Crippen LogP contribution in [0.1, 0.15) is 36.7 Å². The molecule has 1 aliphatic carbocycles. The van der Waals surface area contributed by atoms with Crippen molar-refractivity contribution in [1.29, 1.82) is 0 Å². The zero-order chi connectivity index (χ0) is 20.4. The molecule has 31 heavy (non-hydrogen) atoms. The van der Waals surface area contributed by atoms with Crippen molar-refractivity contribution in [3.05, 3.63) is 48.3 Å². The molecule has 1 saturated carbocycles. The largest absolute Gasteiger partial charge is 0.358 e. The number of pyridine rings is 1. The van der Waals surface area contributed by atoms with Crippen LogP contribution in [0.4, 0.5) is 16.6 Å². The Bertz CT molecular complexity index is 1220. The summed E-state index contributed by atoms with van der Waals surface area (Å²) in [7, 11) is 0. The first kappa shape index (κ1) is 17.7. The number of anilines is 3. The van der Waals surface area contributed by atoms with Crippen molar-refractivity contribution in [3.63, 3.8) is 0 Å². The molecule has 8 nitrogen and oxygen atoms in total. The average molecular weight is 433 g/mol. The number of hydrogen-bond acceptors (Lipinski definition) is 7. The highest BCUT2D eigenvalue weighted by molar-refractivity contribution is 7.22. The van der Waals surface area contributed by atoms with Gasteiger partial charge in [0.05, 0.1) is 11.5 Å². The van der Waals surface area contributed by atoms with Crippen molar-refractivity contribution in [3.8, 4) is 0 Å². The van der Waals surface area contributed by atoms with Crippen LogP contribution in [0.3, 0.4) is 0 Å². The molecule has 9 heteroatoms. The molecule has 0 spiro atoms. The van der Waals surface area contributed by atoms with Crippen LogP contribution in [0.25, 0.3) is 10.1 Å². The van der Waals surface area contributed by atoms with Crippen LogP contribution in [0, 0.1) is 0 Å². The number of aromatic nitrogens is 5. The third-order valence-electron chi connectivity index (χ3n) is 6.84. The van der Waals surface area contributed by atoms with Crippen LogP contribution < -0.4 is 10.2 Å². The second-order valence-corrected chi connectivity index (χ2v) is 9.99. The van der Waals surface area contributed by atoms with E-state index in [0.29, 0.717) is 18.0 Å². The molecule has 7 rings (SSSR count). The lowest BCUT2D eigenvalue weighted by atomic mass is 10.2. The van der Waals surface area contributed by atoms with Crippen molar-refractivity contribution < 1.29 is 0 Å². The molecule has 4 aromatic rings. The van der Waals surface area contributed by atoms with E-state index >= 15 is 0 Å². The first-order valence-electron chi connectivity index (χ1n) is 11.0. The van der Waals surface area contributed by atoms with Crippen LogP contribution >= 0.6 is 11.3 Å². The summed E-state index contributed by atoms with van der Waals surface area (Å²) in [5, 5.41) is 13.6. The normalized spacial score (nSPS) is 23.3. The molecule has 3 N–H and O–H groups in total. The molecule has 0 aromatic carbocycles. The summed E-state index contributed by atoms with van der Waals surface area (Å²) >= 11 is 1.87. The van der Waals surface area contributed by atoms with E-state index in [9.17, 15) is 0 Å². The molecule has 2 saturated heterocycles. The minimum Gasteiger partial charge on any atom is -0.358 e. The Labute approximate surface area is 183 Å². The number of nitrogens with zero attached hydrogens (tertiary/aromatic N) is 5. The van der Waals surface area contributed by atoms with Crippen LogP contribution in [-0.2, 0) is 6.54 Å². The van der Waals surface area contributed by atoms with Crippen LogP contribution in [0.5, 0.6) is 0 Å². The molecule has 0 radical (unpaired) electrons. The van der Waals surface area contributed by atoms with Gasteiger partial charge < -0.3 is 15.2 Å². The van der Waals surface area contributed by atoms with E-state index in [0.717, 1.165) is 37.1 Å². The minimum absolute atomic E-state index is 0.574. The molecule has 6 heterocycles. The maximum absolute atomic E-state index is 4.62. The zero-order valence-corrected chi connectivity index (χ0v) is 17.9. The molecule has 0 unspecified atom stereocenters. The van der Waals surface area contributed by atoms with Crippen molar-refractivity contribution in [2.24, 2.45) is 0 Å². The molecule has 3 fully saturated rings. The van der Waals surface area contributed by atoms with Gasteiger partial charge in [-0.3, -0.25) is 10.00 Å². The van der Waals surface area contributed by atoms with E-state index in [-0.39, 0.29) is 0 Å². The summed E-state index contributed by atoms with van der Waals surface area (Å²) in [6.07, 6.45) is 9.39. The summed E-state index contributed by atoms with van der Waals surface area (Å²) in [6, 6.07) is 7.72. The second kappa shape index (κ2) is 6.80. The highest BCUT2D eigenvalue weighted by Gasteiger charge is 2.43. The average Bonchev–Trinajstić information content (AvgIpc) is 3.30. The lowest BCUT2D eigenvalue weighted by Gasteiger charge is -2.34. The van der Waals surface area contributed by atoms with Crippen molar-refractivity contribution in [2.45, 2.75) is 43.8 Å². The number of rotatable bonds is 6. The highest BCUT2D eigenvalue weighted by Crippen LogP contribution is 2.43. The van der Waals surface area contributed by atoms with Gasteiger partial charge in [0.2, 0.25) is 0 Å². The molecule has 2 aliphatic heterocycles. The fourth-order valence-corrected chi connectivity index (χ4v) is 6.24. The maximum Gasteiger partial charge on any atom is 0.153 e. The van der Waals surface area contributed by atoms with E-state index in [1.807, 2.05) is 29.9 Å². The Kier molecular flexibility index (Phi) is 3.89. The molecular formula is C22H24N8S. The maximum atomic E-state index is 4.62. The van der Waals surface area contributed by atoms with Gasteiger partial charge in [0.25, 0.3) is 0 Å². The number of thiophene rings is 1. The zero-order valence-electron chi connectivity index (χ0n) is 17.1. The van der Waals surface area contributed by atoms with Gasteiger partial charge in [-0.25, -0.2) is 9.97 Å². The van der Waals surface area contributed by atoms with E-state index in [4.69, 9.17) is 0 Å². The number of piperazine rings is 1. The molecule has 3 aliphatic rings. The SMILES string of the molecule is c1c[nH]c(CN2C[C@@H]3C[C@H]2CN3c2cc3c(Nc4cc(C5CC5)[nH]n4)nccc3s2)n1. The standard InChI is InChI=1S/C22H24N8S/c1-2-13(1)17-9-19(28-27-17)26-22-16-8-21(31-18(16)3-4-25-22)30-11-14-7-15(30)10-29(14)12-20-23-5-6-24-20/h3-6,8-9,13-15H,1-2,7,10-12H2,(H,23,24)(H2,25,26,27,28)/t14-,15-/m0/s1. The Morgan fingerprint density at radius 3 is 2.90 bits per heavy atom. The number of fused-ring (bicyclic) bond motifs is 3. The van der Waals surface area contributed by atoms with Gasteiger partial charge >= 0.3 is 0 Å². The van der Waals surface area contributed by atoms with Crippen molar-refractivity contribution in [2.75, 3.05) is 23.3 Å². The van der Waals surface area contributed by atoms with E-state index in [1.165, 1.54) is 40.0 Å². The molecule has 4 aromatic heterocycles. The summed E-state index contributed by atoms with van der Waals surface area (Å²) in [6.45, 7) is 3.09. The number of hydrogen-bond donors (Lipinski definition) is 3. The Balaban J connectivity index is 1.11. The van der Waals surface area contributed by atoms with Crippen LogP contribution in [0.2, 0.25) is 0 Å². The first-order chi connectivity index (χ1) is 15.3. The van der Waals surface area contributed by atoms with E-state index < -0.39 is 0 Å². The minimum atomic E-state index is 0.574. The smallest absolute Gasteiger partial charge is 0.153 e. The lowest BCUT2D eigenvalue weighted by molar-refractivity contribution is 0.226. The van der Waals surface area contributed by atoms with Crippen molar-refractivity contribution >= 4 is 38.1 Å². The van der Waals surface area contributed by atoms with Gasteiger partial charge in [-0.1, -0.05) is 0 Å². The predicted octanol–water partition coefficient (Wildman–Crippen LogP) is 3.83. The predicted molar refractivity (Wildman–Crippen MR) is 122 cm³/mol. The Morgan fingerprint density at radius 2 is 2.10 bits per heavy atom. The van der Waals surface area contributed by atoms with E-state index in [2.05, 4.69) is 58.5 Å². The Hall–Kier alpha value is -2.91. The highest BCUT2D eigenvalue weighted by atomic mass is 32.1. The van der Waals surface area contributed by atoms with Gasteiger partial charge in [0.1, 0.15) is 11.6 Å². The number of nitrogens with one attached hydrogen (secondary N) is 3. The number of aromatic amines is 2. The third-order valence-corrected chi connectivity index (χ3v) is 7.98. The first-order valence-corrected chi connectivity index (χ1v) is 11.8. The summed E-state index contributed by atoms with van der Waals surface area (Å²) < 4.78 is 1.26. The third kappa shape index (κ3) is 3.11. The quantitative estimate of drug-likeness (QED) is 0.429. The van der Waals surface area contributed by atoms with Crippen LogP contribution in [0.15, 0.2) is 36.8 Å². The van der Waals surface area contributed by atoms with Gasteiger partial charge in [-0.05, 0) is 31.4 Å². The summed E-state index contributed by atoms with van der Waals surface area (Å²) in [4.78, 5) is 17.4. The van der Waals surface area contributed by atoms with Gasteiger partial charge in [0.15, 0.2) is 5.82 Å². The summed E-state index contributed by atoms with van der Waals surface area (Å²) in [5.41, 5.74) is 1.23. The second-order valence-electron chi connectivity index (χ2n) is 8.92. The Morgan fingerprint density at radius 1 is 1.13 bits per heavy atom. The monoisotopic (exact) mass is 432 g/mol. The molecule has 0 amide bonds. The summed E-state index contributed by atoms with van der Waals surface area (Å²) in [5.74, 6) is 3.46. The molecule has 2 bridgehead atoms.